The number of carbonyl (C=O) groups is 1. The molecule has 1 atom stereocenters. The van der Waals surface area contributed by atoms with E-state index in [1.807, 2.05) is 0 Å². The van der Waals surface area contributed by atoms with Crippen LogP contribution >= 0.6 is 12.2 Å². The van der Waals surface area contributed by atoms with Crippen LogP contribution in [0.15, 0.2) is 17.1 Å². The molecular formula is C14H15NO4S. The predicted octanol–water partition coefficient (Wildman–Crippen LogP) is 2.32. The van der Waals surface area contributed by atoms with Gasteiger partial charge < -0.3 is 14.2 Å². The number of hydrogen-bond acceptors (Lipinski definition) is 6. The lowest BCUT2D eigenvalue weighted by atomic mass is 9.94. The SMILES string of the molecule is CCOC(=O)C1C=Nc2c(OC)ccc(OC)c2C1=S. The van der Waals surface area contributed by atoms with E-state index in [9.17, 15) is 4.79 Å². The van der Waals surface area contributed by atoms with Crippen molar-refractivity contribution >= 4 is 35.0 Å². The minimum atomic E-state index is -0.668. The molecule has 1 aromatic rings. The summed E-state index contributed by atoms with van der Waals surface area (Å²) in [7, 11) is 3.10. The lowest BCUT2D eigenvalue weighted by molar-refractivity contribution is -0.143. The van der Waals surface area contributed by atoms with Crippen LogP contribution in [0.25, 0.3) is 0 Å². The molecule has 1 unspecified atom stereocenters. The van der Waals surface area contributed by atoms with Gasteiger partial charge in [0.05, 0.1) is 26.4 Å². The van der Waals surface area contributed by atoms with Gasteiger partial charge in [-0.15, -0.1) is 0 Å². The third-order valence-electron chi connectivity index (χ3n) is 2.96. The number of thiocarbonyl (C=S) groups is 1. The van der Waals surface area contributed by atoms with Crippen LogP contribution in [0.4, 0.5) is 5.69 Å². The smallest absolute Gasteiger partial charge is 0.319 e. The summed E-state index contributed by atoms with van der Waals surface area (Å²) in [6.07, 6.45) is 1.49. The van der Waals surface area contributed by atoms with Crippen LogP contribution in [-0.2, 0) is 9.53 Å². The van der Waals surface area contributed by atoms with Crippen molar-refractivity contribution in [2.45, 2.75) is 6.92 Å². The Labute approximate surface area is 122 Å². The Hall–Kier alpha value is -1.95. The summed E-state index contributed by atoms with van der Waals surface area (Å²) in [6, 6.07) is 3.50. The van der Waals surface area contributed by atoms with E-state index in [1.165, 1.54) is 6.21 Å². The number of hydrogen-bond donors (Lipinski definition) is 0. The molecule has 0 aromatic heterocycles. The van der Waals surface area contributed by atoms with Gasteiger partial charge in [0, 0.05) is 11.1 Å². The topological polar surface area (TPSA) is 57.1 Å². The van der Waals surface area contributed by atoms with Crippen LogP contribution in [0.1, 0.15) is 12.5 Å². The minimum absolute atomic E-state index is 0.299. The number of esters is 1. The average Bonchev–Trinajstić information content (AvgIpc) is 2.46. The van der Waals surface area contributed by atoms with Crippen molar-refractivity contribution in [3.8, 4) is 11.5 Å². The molecule has 0 N–H and O–H groups in total. The van der Waals surface area contributed by atoms with E-state index in [2.05, 4.69) is 4.99 Å². The third-order valence-corrected chi connectivity index (χ3v) is 3.42. The molecule has 1 heterocycles. The second-order valence-corrected chi connectivity index (χ2v) is 4.51. The number of fused-ring (bicyclic) bond motifs is 1. The lowest BCUT2D eigenvalue weighted by Crippen LogP contribution is -2.29. The molecule has 0 amide bonds. The van der Waals surface area contributed by atoms with Gasteiger partial charge in [-0.25, -0.2) is 0 Å². The summed E-state index contributed by atoms with van der Waals surface area (Å²) in [4.78, 5) is 16.6. The van der Waals surface area contributed by atoms with E-state index in [-0.39, 0.29) is 0 Å². The fourth-order valence-corrected chi connectivity index (χ4v) is 2.38. The molecule has 1 aliphatic rings. The monoisotopic (exact) mass is 293 g/mol. The fraction of sp³-hybridized carbons (Fsp3) is 0.357. The van der Waals surface area contributed by atoms with Crippen LogP contribution < -0.4 is 9.47 Å². The maximum Gasteiger partial charge on any atom is 0.319 e. The van der Waals surface area contributed by atoms with Crippen molar-refractivity contribution in [1.82, 2.24) is 0 Å². The molecule has 1 aromatic carbocycles. The summed E-state index contributed by atoms with van der Waals surface area (Å²) in [5.41, 5.74) is 1.19. The summed E-state index contributed by atoms with van der Waals surface area (Å²) in [5.74, 6) is 0.0777. The number of rotatable bonds is 4. The van der Waals surface area contributed by atoms with Gasteiger partial charge in [-0.2, -0.15) is 0 Å². The molecule has 0 radical (unpaired) electrons. The molecule has 5 nitrogen and oxygen atoms in total. The zero-order chi connectivity index (χ0) is 14.7. The van der Waals surface area contributed by atoms with Crippen molar-refractivity contribution in [1.29, 1.82) is 0 Å². The lowest BCUT2D eigenvalue weighted by Gasteiger charge is -2.22. The molecule has 0 saturated carbocycles. The molecule has 0 spiro atoms. The van der Waals surface area contributed by atoms with Crippen molar-refractivity contribution in [2.75, 3.05) is 20.8 Å². The van der Waals surface area contributed by atoms with Crippen LogP contribution in [0.2, 0.25) is 0 Å². The number of aliphatic imine (C=N–C) groups is 1. The number of nitrogens with zero attached hydrogens (tertiary/aromatic N) is 1. The van der Waals surface area contributed by atoms with E-state index >= 15 is 0 Å². The molecule has 6 heteroatoms. The average molecular weight is 293 g/mol. The summed E-state index contributed by atoms with van der Waals surface area (Å²) >= 11 is 5.41. The molecular weight excluding hydrogens is 278 g/mol. The van der Waals surface area contributed by atoms with Gasteiger partial charge in [-0.1, -0.05) is 12.2 Å². The van der Waals surface area contributed by atoms with E-state index in [1.54, 1.807) is 33.3 Å². The van der Waals surface area contributed by atoms with Gasteiger partial charge >= 0.3 is 5.97 Å². The molecule has 0 bridgehead atoms. The van der Waals surface area contributed by atoms with Gasteiger partial charge in [0.2, 0.25) is 0 Å². The Bertz CT molecular complexity index is 583. The second kappa shape index (κ2) is 6.00. The molecule has 0 aliphatic carbocycles. The van der Waals surface area contributed by atoms with Crippen LogP contribution in [0.3, 0.4) is 0 Å². The Balaban J connectivity index is 2.50. The summed E-state index contributed by atoms with van der Waals surface area (Å²) in [6.45, 7) is 2.05. The van der Waals surface area contributed by atoms with Gasteiger partial charge in [-0.3, -0.25) is 9.79 Å². The first-order valence-corrected chi connectivity index (χ1v) is 6.54. The molecule has 106 valence electrons. The number of methoxy groups -OCH3 is 2. The quantitative estimate of drug-likeness (QED) is 0.630. The Morgan fingerprint density at radius 3 is 2.55 bits per heavy atom. The van der Waals surface area contributed by atoms with E-state index in [0.29, 0.717) is 34.2 Å². The highest BCUT2D eigenvalue weighted by atomic mass is 32.1. The highest BCUT2D eigenvalue weighted by molar-refractivity contribution is 7.81. The van der Waals surface area contributed by atoms with Crippen molar-refractivity contribution < 1.29 is 19.0 Å². The first-order valence-electron chi connectivity index (χ1n) is 6.14. The van der Waals surface area contributed by atoms with Crippen LogP contribution in [-0.4, -0.2) is 37.9 Å². The highest BCUT2D eigenvalue weighted by Crippen LogP contribution is 2.41. The summed E-state index contributed by atoms with van der Waals surface area (Å²) < 4.78 is 15.6. The van der Waals surface area contributed by atoms with Crippen LogP contribution in [0.5, 0.6) is 11.5 Å². The normalized spacial score (nSPS) is 16.6. The van der Waals surface area contributed by atoms with Gasteiger partial charge in [0.1, 0.15) is 23.1 Å². The van der Waals surface area contributed by atoms with Crippen molar-refractivity contribution in [2.24, 2.45) is 10.9 Å². The molecule has 0 fully saturated rings. The van der Waals surface area contributed by atoms with Crippen molar-refractivity contribution in [3.63, 3.8) is 0 Å². The zero-order valence-electron chi connectivity index (χ0n) is 11.5. The fourth-order valence-electron chi connectivity index (χ4n) is 2.03. The Morgan fingerprint density at radius 1 is 1.30 bits per heavy atom. The molecule has 20 heavy (non-hydrogen) atoms. The standard InChI is InChI=1S/C14H15NO4S/c1-4-19-14(16)8-7-15-12-10(18-3)6-5-9(17-2)11(12)13(8)20/h5-8H,4H2,1-3H3. The maximum atomic E-state index is 11.9. The molecule has 1 aliphatic heterocycles. The number of benzene rings is 1. The highest BCUT2D eigenvalue weighted by Gasteiger charge is 2.32. The van der Waals surface area contributed by atoms with Gasteiger partial charge in [0.25, 0.3) is 0 Å². The van der Waals surface area contributed by atoms with E-state index in [4.69, 9.17) is 26.4 Å². The predicted molar refractivity (Wildman–Crippen MR) is 79.5 cm³/mol. The third kappa shape index (κ3) is 2.38. The summed E-state index contributed by atoms with van der Waals surface area (Å²) in [5, 5.41) is 0. The minimum Gasteiger partial charge on any atom is -0.496 e. The van der Waals surface area contributed by atoms with E-state index in [0.717, 1.165) is 0 Å². The molecule has 0 saturated heterocycles. The largest absolute Gasteiger partial charge is 0.496 e. The van der Waals surface area contributed by atoms with Crippen molar-refractivity contribution in [3.05, 3.63) is 17.7 Å². The number of ether oxygens (including phenoxy) is 3. The van der Waals surface area contributed by atoms with Crippen LogP contribution in [0, 0.1) is 5.92 Å². The van der Waals surface area contributed by atoms with Gasteiger partial charge in [0.15, 0.2) is 0 Å². The van der Waals surface area contributed by atoms with E-state index < -0.39 is 11.9 Å². The second-order valence-electron chi connectivity index (χ2n) is 4.07. The Morgan fingerprint density at radius 2 is 1.95 bits per heavy atom. The first-order chi connectivity index (χ1) is 9.63. The first kappa shape index (κ1) is 14.5. The number of carbonyl (C=O) groups excluding carboxylic acids is 1. The zero-order valence-corrected chi connectivity index (χ0v) is 12.3. The molecule has 2 rings (SSSR count). The van der Waals surface area contributed by atoms with Gasteiger partial charge in [-0.05, 0) is 19.1 Å². The Kier molecular flexibility index (Phi) is 4.34. The maximum absolute atomic E-state index is 11.9.